The zero-order chi connectivity index (χ0) is 29.5. The van der Waals surface area contributed by atoms with Gasteiger partial charge in [-0.3, -0.25) is 4.79 Å². The van der Waals surface area contributed by atoms with E-state index in [1.807, 2.05) is 0 Å². The molecule has 0 bridgehead atoms. The van der Waals surface area contributed by atoms with Gasteiger partial charge in [-0.2, -0.15) is 10.2 Å². The van der Waals surface area contributed by atoms with Crippen molar-refractivity contribution in [2.75, 3.05) is 26.3 Å². The van der Waals surface area contributed by atoms with E-state index in [9.17, 15) is 22.8 Å². The van der Waals surface area contributed by atoms with E-state index >= 15 is 0 Å². The van der Waals surface area contributed by atoms with Gasteiger partial charge in [-0.15, -0.1) is 0 Å². The van der Waals surface area contributed by atoms with Gasteiger partial charge < -0.3 is 19.7 Å². The second-order valence-corrected chi connectivity index (χ2v) is 10.5. The molecule has 3 aliphatic rings. The molecule has 1 N–H and O–H groups in total. The maximum atomic E-state index is 14.7. The Balaban J connectivity index is 1.11. The van der Waals surface area contributed by atoms with Crippen LogP contribution in [0.2, 0.25) is 0 Å². The number of aryl methyl sites for hydroxylation is 1. The Morgan fingerprint density at radius 2 is 1.86 bits per heavy atom. The largest absolute Gasteiger partial charge is 0.483 e. The predicted octanol–water partition coefficient (Wildman–Crippen LogP) is 3.44. The molecule has 3 aliphatic heterocycles. The number of nitrogens with one attached hydrogen (secondary N) is 1. The summed E-state index contributed by atoms with van der Waals surface area (Å²) in [4.78, 5) is 31.6. The zero-order valence-electron chi connectivity index (χ0n) is 22.9. The van der Waals surface area contributed by atoms with Crippen molar-refractivity contribution in [2.45, 2.75) is 44.9 Å². The van der Waals surface area contributed by atoms with Crippen LogP contribution in [0.3, 0.4) is 0 Å². The molecule has 0 saturated carbocycles. The monoisotopic (exact) mass is 583 g/mol. The number of carbonyl (C=O) groups excluding carboxylic acids is 2. The highest BCUT2D eigenvalue weighted by Crippen LogP contribution is 2.32. The Morgan fingerprint density at radius 3 is 2.57 bits per heavy atom. The number of rotatable bonds is 6. The standard InChI is InChI=1S/C28H28F3N7O4/c1-15-26(27(39)34-20-4-6-41-14-20)16(2)37(35-15)25-10-24(22(31)11-32-25)42-21-12-36(13-21)28(40)38-23(3-5-33-38)17-7-18(29)9-19(30)8-17/h5,7-11,20-21,23H,3-4,6,12-14H2,1-2H3,(H,34,39)/t20-,23+/m1/s1. The Morgan fingerprint density at radius 1 is 1.10 bits per heavy atom. The molecule has 1 aromatic carbocycles. The predicted molar refractivity (Wildman–Crippen MR) is 143 cm³/mol. The maximum Gasteiger partial charge on any atom is 0.341 e. The quantitative estimate of drug-likeness (QED) is 0.476. The molecule has 2 saturated heterocycles. The van der Waals surface area contributed by atoms with E-state index < -0.39 is 35.6 Å². The van der Waals surface area contributed by atoms with Gasteiger partial charge in [0.05, 0.1) is 54.9 Å². The molecule has 220 valence electrons. The minimum absolute atomic E-state index is 0.0648. The van der Waals surface area contributed by atoms with Crippen LogP contribution in [0.15, 0.2) is 35.6 Å². The number of aromatic nitrogens is 3. The summed E-state index contributed by atoms with van der Waals surface area (Å²) in [7, 11) is 0. The molecular formula is C28H28F3N7O4. The summed E-state index contributed by atoms with van der Waals surface area (Å²) < 4.78 is 54.8. The van der Waals surface area contributed by atoms with E-state index in [0.717, 1.165) is 18.7 Å². The Labute approximate surface area is 238 Å². The van der Waals surface area contributed by atoms with E-state index in [-0.39, 0.29) is 36.6 Å². The van der Waals surface area contributed by atoms with Crippen molar-refractivity contribution in [3.05, 3.63) is 70.4 Å². The summed E-state index contributed by atoms with van der Waals surface area (Å²) in [6.45, 7) is 4.81. The molecule has 2 fully saturated rings. The summed E-state index contributed by atoms with van der Waals surface area (Å²) in [5.74, 6) is -2.25. The second kappa shape index (κ2) is 11.1. The van der Waals surface area contributed by atoms with Crippen LogP contribution in [0.1, 0.15) is 46.2 Å². The van der Waals surface area contributed by atoms with Crippen molar-refractivity contribution >= 4 is 18.2 Å². The summed E-state index contributed by atoms with van der Waals surface area (Å²) in [6, 6.07) is 3.36. The Bertz CT molecular complexity index is 1550. The first-order valence-electron chi connectivity index (χ1n) is 13.5. The lowest BCUT2D eigenvalue weighted by Crippen LogP contribution is -2.58. The molecule has 3 amide bonds. The first-order valence-corrected chi connectivity index (χ1v) is 13.5. The first-order chi connectivity index (χ1) is 20.2. The summed E-state index contributed by atoms with van der Waals surface area (Å²) in [6.07, 6.45) is 3.08. The number of likely N-dealkylation sites (tertiary alicyclic amines) is 1. The van der Waals surface area contributed by atoms with Crippen molar-refractivity contribution in [3.63, 3.8) is 0 Å². The topological polar surface area (TPSA) is 114 Å². The fourth-order valence-electron chi connectivity index (χ4n) is 5.35. The van der Waals surface area contributed by atoms with Gasteiger partial charge in [0.15, 0.2) is 17.4 Å². The lowest BCUT2D eigenvalue weighted by atomic mass is 10.0. The number of carbonyl (C=O) groups is 2. The van der Waals surface area contributed by atoms with Gasteiger partial charge in [0.25, 0.3) is 5.91 Å². The van der Waals surface area contributed by atoms with Gasteiger partial charge >= 0.3 is 6.03 Å². The molecule has 0 aliphatic carbocycles. The third-order valence-electron chi connectivity index (χ3n) is 7.51. The van der Waals surface area contributed by atoms with E-state index in [2.05, 4.69) is 20.5 Å². The zero-order valence-corrected chi connectivity index (χ0v) is 22.9. The molecule has 0 spiro atoms. The normalized spacial score (nSPS) is 20.2. The molecule has 14 heteroatoms. The second-order valence-electron chi connectivity index (χ2n) is 10.5. The molecule has 2 aromatic heterocycles. The number of ether oxygens (including phenoxy) is 2. The van der Waals surface area contributed by atoms with E-state index in [1.165, 1.54) is 39.0 Å². The van der Waals surface area contributed by atoms with Gasteiger partial charge in [0.1, 0.15) is 17.7 Å². The minimum Gasteiger partial charge on any atom is -0.483 e. The number of benzene rings is 1. The summed E-state index contributed by atoms with van der Waals surface area (Å²) in [5, 5.41) is 12.7. The van der Waals surface area contributed by atoms with E-state index in [1.54, 1.807) is 13.8 Å². The van der Waals surface area contributed by atoms with Crippen LogP contribution < -0.4 is 10.1 Å². The Kier molecular flexibility index (Phi) is 7.31. The highest BCUT2D eigenvalue weighted by atomic mass is 19.1. The molecule has 0 unspecified atom stereocenters. The number of hydrogen-bond donors (Lipinski definition) is 1. The van der Waals surface area contributed by atoms with Crippen molar-refractivity contribution < 1.29 is 32.2 Å². The van der Waals surface area contributed by atoms with Crippen molar-refractivity contribution in [1.82, 2.24) is 30.0 Å². The van der Waals surface area contributed by atoms with Crippen molar-refractivity contribution in [3.8, 4) is 11.6 Å². The third kappa shape index (κ3) is 5.29. The van der Waals surface area contributed by atoms with E-state index in [0.29, 0.717) is 42.1 Å². The first kappa shape index (κ1) is 27.7. The molecule has 3 aromatic rings. The highest BCUT2D eigenvalue weighted by molar-refractivity contribution is 5.96. The number of hydrazone groups is 1. The van der Waals surface area contributed by atoms with Crippen LogP contribution in [-0.4, -0.2) is 81.3 Å². The fraction of sp³-hybridized carbons (Fsp3) is 0.393. The van der Waals surface area contributed by atoms with Crippen molar-refractivity contribution in [1.29, 1.82) is 0 Å². The van der Waals surface area contributed by atoms with Gasteiger partial charge in [0, 0.05) is 31.4 Å². The average molecular weight is 584 g/mol. The van der Waals surface area contributed by atoms with Crippen molar-refractivity contribution in [2.24, 2.45) is 5.10 Å². The summed E-state index contributed by atoms with van der Waals surface area (Å²) >= 11 is 0. The molecule has 11 nitrogen and oxygen atoms in total. The molecule has 6 rings (SSSR count). The van der Waals surface area contributed by atoms with Gasteiger partial charge in [-0.25, -0.2) is 32.6 Å². The fourth-order valence-corrected chi connectivity index (χ4v) is 5.35. The smallest absolute Gasteiger partial charge is 0.341 e. The van der Waals surface area contributed by atoms with Crippen LogP contribution in [0, 0.1) is 31.3 Å². The molecule has 42 heavy (non-hydrogen) atoms. The van der Waals surface area contributed by atoms with Gasteiger partial charge in [-0.05, 0) is 38.0 Å². The molecule has 5 heterocycles. The lowest BCUT2D eigenvalue weighted by molar-refractivity contribution is 0.0256. The van der Waals surface area contributed by atoms with Gasteiger partial charge in [-0.1, -0.05) is 0 Å². The number of hydrogen-bond acceptors (Lipinski definition) is 7. The van der Waals surface area contributed by atoms with Crippen LogP contribution in [0.5, 0.6) is 5.75 Å². The summed E-state index contributed by atoms with van der Waals surface area (Å²) in [5.41, 5.74) is 1.74. The van der Waals surface area contributed by atoms with E-state index in [4.69, 9.17) is 9.47 Å². The van der Waals surface area contributed by atoms with Crippen LogP contribution in [0.4, 0.5) is 18.0 Å². The SMILES string of the molecule is Cc1nn(-c2cc(OC3CN(C(=O)N4N=CC[C@H]4c4cc(F)cc(F)c4)C3)c(F)cn2)c(C)c1C(=O)N[C@@H]1CCOC1. The van der Waals surface area contributed by atoms with Crippen LogP contribution in [0.25, 0.3) is 5.82 Å². The molecular weight excluding hydrogens is 555 g/mol. The number of halogens is 3. The third-order valence-corrected chi connectivity index (χ3v) is 7.51. The van der Waals surface area contributed by atoms with Crippen LogP contribution >= 0.6 is 0 Å². The number of amides is 3. The highest BCUT2D eigenvalue weighted by Gasteiger charge is 2.39. The lowest BCUT2D eigenvalue weighted by Gasteiger charge is -2.41. The maximum absolute atomic E-state index is 14.7. The number of pyridine rings is 1. The molecule has 0 radical (unpaired) electrons. The number of nitrogens with zero attached hydrogens (tertiary/aromatic N) is 6. The number of urea groups is 1. The van der Waals surface area contributed by atoms with Gasteiger partial charge in [0.2, 0.25) is 0 Å². The average Bonchev–Trinajstić information content (AvgIpc) is 3.67. The minimum atomic E-state index is -0.736. The van der Waals surface area contributed by atoms with Crippen LogP contribution in [-0.2, 0) is 4.74 Å². The molecule has 2 atom stereocenters. The Hall–Kier alpha value is -4.46.